The van der Waals surface area contributed by atoms with Crippen molar-refractivity contribution in [2.45, 2.75) is 38.5 Å². The molecule has 256 valence electrons. The number of aromatic nitrogens is 1. The summed E-state index contributed by atoms with van der Waals surface area (Å²) in [5.74, 6) is -3.26. The van der Waals surface area contributed by atoms with Gasteiger partial charge in [0.1, 0.15) is 6.61 Å². The number of ether oxygens (including phenoxy) is 2. The van der Waals surface area contributed by atoms with E-state index in [2.05, 4.69) is 26.9 Å². The van der Waals surface area contributed by atoms with Gasteiger partial charge in [-0.2, -0.15) is 0 Å². The Kier molecular flexibility index (Phi) is 16.9. The molecule has 2 heterocycles. The first kappa shape index (κ1) is 38.3. The third-order valence-electron chi connectivity index (χ3n) is 7.18. The maximum atomic E-state index is 12.0. The summed E-state index contributed by atoms with van der Waals surface area (Å²) in [6, 6.07) is 4.59. The van der Waals surface area contributed by atoms with Crippen molar-refractivity contribution in [3.05, 3.63) is 42.2 Å². The van der Waals surface area contributed by atoms with Crippen LogP contribution >= 0.6 is 12.2 Å². The fourth-order valence-electron chi connectivity index (χ4n) is 5.12. The van der Waals surface area contributed by atoms with Crippen LogP contribution in [0.15, 0.2) is 30.9 Å². The summed E-state index contributed by atoms with van der Waals surface area (Å²) in [4.78, 5) is 55.6. The van der Waals surface area contributed by atoms with Crippen LogP contribution in [0.3, 0.4) is 0 Å². The fraction of sp³-hybridized carbons (Fsp3) is 0.586. The summed E-state index contributed by atoms with van der Waals surface area (Å²) in [5.41, 5.74) is 1.23. The summed E-state index contributed by atoms with van der Waals surface area (Å²) < 4.78 is 9.67. The van der Waals surface area contributed by atoms with Gasteiger partial charge in [-0.1, -0.05) is 19.1 Å². The van der Waals surface area contributed by atoms with Crippen molar-refractivity contribution in [3.8, 4) is 0 Å². The second kappa shape index (κ2) is 20.3. The second-order valence-electron chi connectivity index (χ2n) is 10.9. The van der Waals surface area contributed by atoms with E-state index >= 15 is 0 Å². The molecule has 16 nitrogen and oxygen atoms in total. The summed E-state index contributed by atoms with van der Waals surface area (Å²) >= 11 is 5.43. The van der Waals surface area contributed by atoms with Gasteiger partial charge in [0.15, 0.2) is 5.11 Å². The molecule has 0 amide bonds. The van der Waals surface area contributed by atoms with E-state index in [4.69, 9.17) is 22.1 Å². The molecule has 0 fully saturated rings. The number of nitrogens with zero attached hydrogens (tertiary/aromatic N) is 4. The molecule has 6 N–H and O–H groups in total. The Morgan fingerprint density at radius 2 is 1.63 bits per heavy atom. The maximum Gasteiger partial charge on any atom is 0.505 e. The number of carboxylic acids is 3. The zero-order chi connectivity index (χ0) is 34.1. The first-order chi connectivity index (χ1) is 21.9. The molecule has 0 saturated carbocycles. The number of hydrogen-bond acceptors (Lipinski definition) is 11. The molecule has 0 saturated heterocycles. The molecule has 0 aromatic carbocycles. The highest BCUT2D eigenvalue weighted by atomic mass is 32.1. The highest BCUT2D eigenvalue weighted by Crippen LogP contribution is 2.21. The van der Waals surface area contributed by atoms with E-state index in [1.807, 2.05) is 6.92 Å². The van der Waals surface area contributed by atoms with Gasteiger partial charge in [-0.05, 0) is 36.7 Å². The molecular formula is C29H44N6O10S. The van der Waals surface area contributed by atoms with E-state index < -0.39 is 30.1 Å². The molecular weight excluding hydrogens is 624 g/mol. The number of carbonyl (C=O) groups is 4. The Morgan fingerprint density at radius 3 is 2.26 bits per heavy atom. The zero-order valence-corrected chi connectivity index (χ0v) is 26.7. The lowest BCUT2D eigenvalue weighted by atomic mass is 9.92. The topological polar surface area (TPSA) is 214 Å². The normalized spacial score (nSPS) is 17.8. The van der Waals surface area contributed by atoms with Crippen LogP contribution in [0.4, 0.5) is 4.79 Å². The van der Waals surface area contributed by atoms with E-state index in [0.29, 0.717) is 29.5 Å². The molecule has 0 aliphatic carbocycles. The van der Waals surface area contributed by atoms with Gasteiger partial charge in [0.05, 0.1) is 44.2 Å². The molecule has 17 heteroatoms. The van der Waals surface area contributed by atoms with Crippen molar-refractivity contribution in [2.75, 3.05) is 65.6 Å². The van der Waals surface area contributed by atoms with Gasteiger partial charge in [0, 0.05) is 51.4 Å². The number of rotatable bonds is 17. The average Bonchev–Trinajstić information content (AvgIpc) is 2.96. The molecule has 2 rings (SSSR count). The lowest BCUT2D eigenvalue weighted by Gasteiger charge is -2.38. The van der Waals surface area contributed by atoms with E-state index in [0.717, 1.165) is 0 Å². The highest BCUT2D eigenvalue weighted by Gasteiger charge is 2.30. The fourth-order valence-corrected chi connectivity index (χ4v) is 5.36. The number of hydrogen-bond donors (Lipinski definition) is 6. The molecule has 1 aliphatic heterocycles. The number of pyridine rings is 1. The van der Waals surface area contributed by atoms with E-state index in [9.17, 15) is 34.5 Å². The lowest BCUT2D eigenvalue weighted by Crippen LogP contribution is -2.51. The lowest BCUT2D eigenvalue weighted by molar-refractivity contribution is -0.141. The summed E-state index contributed by atoms with van der Waals surface area (Å²) in [6.45, 7) is 6.79. The maximum absolute atomic E-state index is 12.0. The van der Waals surface area contributed by atoms with Crippen LogP contribution in [0.25, 0.3) is 0 Å². The minimum atomic E-state index is -1.37. The average molecular weight is 669 g/mol. The molecule has 1 aromatic rings. The predicted molar refractivity (Wildman–Crippen MR) is 169 cm³/mol. The first-order valence-corrected chi connectivity index (χ1v) is 15.2. The number of thiocarbonyl (C=S) groups is 1. The van der Waals surface area contributed by atoms with Gasteiger partial charge in [-0.25, -0.2) is 4.79 Å². The quantitative estimate of drug-likeness (QED) is 0.0573. The number of nitrogens with one attached hydrogen (secondary N) is 2. The third kappa shape index (κ3) is 15.4. The minimum absolute atomic E-state index is 0.0832. The Balaban J connectivity index is 2.22. The van der Waals surface area contributed by atoms with Crippen molar-refractivity contribution in [1.82, 2.24) is 30.3 Å². The second-order valence-corrected chi connectivity index (χ2v) is 11.3. The third-order valence-corrected chi connectivity index (χ3v) is 7.44. The standard InChI is InChI=1S/C29H44N6O10S/c1-3-24(32-28(46)30-7-10-44-11-12-45-29(42)43)20(2)13-23-16-34(18-26(38)39)9-8-33(17-25(36)37)14-21-5-4-6-22(31-21)15-35(23)19-27(40)41/h3-6,20,23-24H,1,7-19H2,2H3,(H,36,37)(H,38,39)(H,40,41)(H,42,43)(H2,30,32,46)/t20-,23+,24?/m1/s1. The molecule has 0 spiro atoms. The smallest absolute Gasteiger partial charge is 0.480 e. The number of fused-ring (bicyclic) bond motifs is 2. The highest BCUT2D eigenvalue weighted by molar-refractivity contribution is 7.80. The Bertz CT molecular complexity index is 1190. The molecule has 0 radical (unpaired) electrons. The van der Waals surface area contributed by atoms with Crippen LogP contribution < -0.4 is 10.6 Å². The van der Waals surface area contributed by atoms with Crippen molar-refractivity contribution >= 4 is 41.4 Å². The number of carboxylic acid groups (broad SMARTS) is 4. The Morgan fingerprint density at radius 1 is 1.00 bits per heavy atom. The molecule has 1 aliphatic rings. The Hall–Kier alpha value is -3.90. The molecule has 1 unspecified atom stereocenters. The molecule has 1 aromatic heterocycles. The largest absolute Gasteiger partial charge is 0.505 e. The van der Waals surface area contributed by atoms with Crippen LogP contribution in [-0.2, 0) is 36.9 Å². The van der Waals surface area contributed by atoms with Crippen LogP contribution in [-0.4, -0.2) is 147 Å². The first-order valence-electron chi connectivity index (χ1n) is 14.8. The van der Waals surface area contributed by atoms with Crippen LogP contribution in [0, 0.1) is 5.92 Å². The SMILES string of the molecule is C=CC(NC(=S)NCCOCCOC(=O)O)[C@H](C)C[C@H]1CN(CC(=O)O)CCN(CC(=O)O)Cc2cccc(n2)CN1CC(=O)O. The Labute approximate surface area is 273 Å². The van der Waals surface area contributed by atoms with Gasteiger partial charge in [-0.3, -0.25) is 34.1 Å². The predicted octanol–water partition coefficient (Wildman–Crippen LogP) is 0.380. The van der Waals surface area contributed by atoms with Crippen LogP contribution in [0.1, 0.15) is 24.7 Å². The van der Waals surface area contributed by atoms with Gasteiger partial charge >= 0.3 is 24.1 Å². The van der Waals surface area contributed by atoms with Gasteiger partial charge in [0.2, 0.25) is 0 Å². The van der Waals surface area contributed by atoms with Crippen molar-refractivity contribution in [3.63, 3.8) is 0 Å². The van der Waals surface area contributed by atoms with E-state index in [-0.39, 0.29) is 84.1 Å². The zero-order valence-electron chi connectivity index (χ0n) is 25.9. The number of aliphatic carboxylic acids is 3. The van der Waals surface area contributed by atoms with Crippen molar-refractivity contribution in [1.29, 1.82) is 0 Å². The van der Waals surface area contributed by atoms with Gasteiger partial charge in [0.25, 0.3) is 0 Å². The summed E-state index contributed by atoms with van der Waals surface area (Å²) in [7, 11) is 0. The van der Waals surface area contributed by atoms with E-state index in [1.54, 1.807) is 39.0 Å². The molecule has 46 heavy (non-hydrogen) atoms. The molecule has 3 atom stereocenters. The van der Waals surface area contributed by atoms with Crippen LogP contribution in [0.5, 0.6) is 0 Å². The minimum Gasteiger partial charge on any atom is -0.480 e. The van der Waals surface area contributed by atoms with E-state index in [1.165, 1.54) is 0 Å². The van der Waals surface area contributed by atoms with Gasteiger partial charge in [-0.15, -0.1) is 6.58 Å². The summed E-state index contributed by atoms with van der Waals surface area (Å²) in [6.07, 6.45) is 0.752. The van der Waals surface area contributed by atoms with Crippen LogP contribution in [0.2, 0.25) is 0 Å². The van der Waals surface area contributed by atoms with Gasteiger partial charge < -0.3 is 40.5 Å². The van der Waals surface area contributed by atoms with Crippen molar-refractivity contribution in [2.24, 2.45) is 5.92 Å². The van der Waals surface area contributed by atoms with Crippen molar-refractivity contribution < 1.29 is 49.1 Å². The summed E-state index contributed by atoms with van der Waals surface area (Å²) in [5, 5.41) is 44.0. The monoisotopic (exact) mass is 668 g/mol. The molecule has 2 bridgehead atoms.